The van der Waals surface area contributed by atoms with Crippen molar-refractivity contribution in [2.75, 3.05) is 11.9 Å². The van der Waals surface area contributed by atoms with Crippen molar-refractivity contribution in [2.24, 2.45) is 0 Å². The summed E-state index contributed by atoms with van der Waals surface area (Å²) in [6.45, 7) is 4.98. The number of hydrogen-bond acceptors (Lipinski definition) is 3. The Morgan fingerprint density at radius 3 is 2.56 bits per heavy atom. The number of rotatable bonds is 5. The third kappa shape index (κ3) is 4.54. The van der Waals surface area contributed by atoms with Crippen LogP contribution in [0, 0.1) is 0 Å². The third-order valence-electron chi connectivity index (χ3n) is 5.23. The summed E-state index contributed by atoms with van der Waals surface area (Å²) in [7, 11) is 0. The minimum Gasteiger partial charge on any atom is -0.336 e. The number of likely N-dealkylation sites (tertiary alicyclic amines) is 1. The Hall–Kier alpha value is -2.69. The summed E-state index contributed by atoms with van der Waals surface area (Å²) >= 11 is 0. The number of carbonyl (C=O) groups is 2. The maximum atomic E-state index is 12.9. The Bertz CT molecular complexity index is 801. The Morgan fingerprint density at radius 2 is 1.85 bits per heavy atom. The van der Waals surface area contributed by atoms with Crippen molar-refractivity contribution in [3.63, 3.8) is 0 Å². The van der Waals surface area contributed by atoms with Crippen molar-refractivity contribution in [3.8, 4) is 0 Å². The maximum Gasteiger partial charge on any atom is 0.257 e. The first-order chi connectivity index (χ1) is 13.1. The fourth-order valence-electron chi connectivity index (χ4n) is 3.57. The molecule has 1 atom stereocenters. The van der Waals surface area contributed by atoms with Gasteiger partial charge in [-0.3, -0.25) is 14.6 Å². The largest absolute Gasteiger partial charge is 0.336 e. The maximum absolute atomic E-state index is 12.9. The summed E-state index contributed by atoms with van der Waals surface area (Å²) < 4.78 is 0. The smallest absolute Gasteiger partial charge is 0.257 e. The number of nitrogens with zero attached hydrogens (tertiary/aromatic N) is 2. The number of carbonyl (C=O) groups excluding carboxylic acids is 2. The lowest BCUT2D eigenvalue weighted by Crippen LogP contribution is -2.43. The lowest BCUT2D eigenvalue weighted by molar-refractivity contribution is 0.0607. The van der Waals surface area contributed by atoms with Crippen LogP contribution in [0.4, 0.5) is 5.69 Å². The topological polar surface area (TPSA) is 62.3 Å². The number of anilines is 1. The average Bonchev–Trinajstić information content (AvgIpc) is 2.73. The molecule has 2 amide bonds. The highest BCUT2D eigenvalue weighted by atomic mass is 16.2. The molecule has 0 bridgehead atoms. The van der Waals surface area contributed by atoms with Crippen LogP contribution in [0.15, 0.2) is 42.7 Å². The number of benzene rings is 1. The summed E-state index contributed by atoms with van der Waals surface area (Å²) in [5, 5.41) is 2.87. The minimum absolute atomic E-state index is 0.0315. The van der Waals surface area contributed by atoms with E-state index in [1.807, 2.05) is 29.2 Å². The van der Waals surface area contributed by atoms with Gasteiger partial charge in [0, 0.05) is 30.7 Å². The second-order valence-electron chi connectivity index (χ2n) is 7.02. The van der Waals surface area contributed by atoms with Crippen molar-refractivity contribution >= 4 is 17.5 Å². The van der Waals surface area contributed by atoms with E-state index < -0.39 is 0 Å². The Kier molecular flexibility index (Phi) is 6.22. The van der Waals surface area contributed by atoms with Gasteiger partial charge in [0.15, 0.2) is 0 Å². The zero-order chi connectivity index (χ0) is 19.2. The van der Waals surface area contributed by atoms with Crippen LogP contribution >= 0.6 is 0 Å². The van der Waals surface area contributed by atoms with Crippen molar-refractivity contribution in [1.29, 1.82) is 0 Å². The first kappa shape index (κ1) is 19.1. The van der Waals surface area contributed by atoms with E-state index in [0.717, 1.165) is 37.9 Å². The van der Waals surface area contributed by atoms with Gasteiger partial charge in [0.2, 0.25) is 0 Å². The molecule has 5 nitrogen and oxygen atoms in total. The zero-order valence-corrected chi connectivity index (χ0v) is 16.1. The lowest BCUT2D eigenvalue weighted by atomic mass is 9.99. The fraction of sp³-hybridized carbons (Fsp3) is 0.409. The molecule has 2 aromatic rings. The van der Waals surface area contributed by atoms with Crippen molar-refractivity contribution in [3.05, 3.63) is 59.4 Å². The van der Waals surface area contributed by atoms with Gasteiger partial charge in [0.05, 0.1) is 11.1 Å². The molecule has 1 aromatic carbocycles. The molecule has 1 fully saturated rings. The molecule has 2 heterocycles. The van der Waals surface area contributed by atoms with E-state index in [1.165, 1.54) is 18.2 Å². The van der Waals surface area contributed by atoms with E-state index in [0.29, 0.717) is 11.1 Å². The molecule has 1 N–H and O–H groups in total. The zero-order valence-electron chi connectivity index (χ0n) is 16.1. The van der Waals surface area contributed by atoms with E-state index in [9.17, 15) is 9.59 Å². The minimum atomic E-state index is -0.257. The molecule has 0 radical (unpaired) electrons. The highest BCUT2D eigenvalue weighted by molar-refractivity contribution is 6.05. The van der Waals surface area contributed by atoms with Crippen LogP contribution in [0.3, 0.4) is 0 Å². The number of amides is 2. The molecule has 0 spiro atoms. The number of aryl methyl sites for hydroxylation is 1. The van der Waals surface area contributed by atoms with E-state index in [2.05, 4.69) is 24.1 Å². The van der Waals surface area contributed by atoms with Crippen molar-refractivity contribution in [2.45, 2.75) is 52.0 Å². The molecule has 27 heavy (non-hydrogen) atoms. The highest BCUT2D eigenvalue weighted by Gasteiger charge is 2.26. The van der Waals surface area contributed by atoms with Crippen LogP contribution in [0.25, 0.3) is 0 Å². The molecule has 0 aliphatic carbocycles. The summed E-state index contributed by atoms with van der Waals surface area (Å²) in [5.41, 5.74) is 2.82. The van der Waals surface area contributed by atoms with Crippen LogP contribution in [0.1, 0.15) is 65.8 Å². The van der Waals surface area contributed by atoms with Crippen LogP contribution in [0.2, 0.25) is 0 Å². The average molecular weight is 365 g/mol. The molecular formula is C22H27N3O2. The Balaban J connectivity index is 1.73. The predicted octanol–water partition coefficient (Wildman–Crippen LogP) is 4.30. The number of nitrogens with one attached hydrogen (secondary N) is 1. The highest BCUT2D eigenvalue weighted by Crippen LogP contribution is 2.22. The molecule has 1 aliphatic rings. The number of aromatic nitrogens is 1. The SMILES string of the molecule is CCc1ccc(NC(=O)c2cncc(C(=O)N3CCCCC3CC)c2)cc1. The molecule has 5 heteroatoms. The van der Waals surface area contributed by atoms with Crippen LogP contribution in [-0.2, 0) is 6.42 Å². The third-order valence-corrected chi connectivity index (χ3v) is 5.23. The molecule has 1 saturated heterocycles. The summed E-state index contributed by atoms with van der Waals surface area (Å²) in [6.07, 6.45) is 8.20. The number of piperidine rings is 1. The van der Waals surface area contributed by atoms with Gasteiger partial charge in [-0.15, -0.1) is 0 Å². The second-order valence-corrected chi connectivity index (χ2v) is 7.02. The van der Waals surface area contributed by atoms with E-state index in [-0.39, 0.29) is 17.9 Å². The molecule has 1 aromatic heterocycles. The standard InChI is InChI=1S/C22H27N3O2/c1-3-16-8-10-19(11-9-16)24-21(26)17-13-18(15-23-14-17)22(27)25-12-6-5-7-20(25)4-2/h8-11,13-15,20H,3-7,12H2,1-2H3,(H,24,26). The second kappa shape index (κ2) is 8.80. The summed E-state index contributed by atoms with van der Waals surface area (Å²) in [4.78, 5) is 31.6. The summed E-state index contributed by atoms with van der Waals surface area (Å²) in [5.74, 6) is -0.289. The predicted molar refractivity (Wildman–Crippen MR) is 107 cm³/mol. The molecule has 142 valence electrons. The first-order valence-electron chi connectivity index (χ1n) is 9.78. The molecular weight excluding hydrogens is 338 g/mol. The lowest BCUT2D eigenvalue weighted by Gasteiger charge is -2.35. The Labute approximate surface area is 160 Å². The van der Waals surface area contributed by atoms with Gasteiger partial charge < -0.3 is 10.2 Å². The van der Waals surface area contributed by atoms with E-state index >= 15 is 0 Å². The van der Waals surface area contributed by atoms with Gasteiger partial charge in [0.1, 0.15) is 0 Å². The number of pyridine rings is 1. The van der Waals surface area contributed by atoms with Crippen LogP contribution in [-0.4, -0.2) is 34.3 Å². The fourth-order valence-corrected chi connectivity index (χ4v) is 3.57. The van der Waals surface area contributed by atoms with Crippen molar-refractivity contribution < 1.29 is 9.59 Å². The van der Waals surface area contributed by atoms with Gasteiger partial charge >= 0.3 is 0 Å². The van der Waals surface area contributed by atoms with Gasteiger partial charge in [-0.2, -0.15) is 0 Å². The molecule has 3 rings (SSSR count). The van der Waals surface area contributed by atoms with Gasteiger partial charge in [-0.25, -0.2) is 0 Å². The van der Waals surface area contributed by atoms with Crippen molar-refractivity contribution in [1.82, 2.24) is 9.88 Å². The van der Waals surface area contributed by atoms with Crippen LogP contribution < -0.4 is 5.32 Å². The van der Waals surface area contributed by atoms with Gasteiger partial charge in [0.25, 0.3) is 11.8 Å². The normalized spacial score (nSPS) is 16.8. The molecule has 0 saturated carbocycles. The van der Waals surface area contributed by atoms with E-state index in [1.54, 1.807) is 12.3 Å². The number of hydrogen-bond donors (Lipinski definition) is 1. The van der Waals surface area contributed by atoms with Gasteiger partial charge in [-0.05, 0) is 55.9 Å². The van der Waals surface area contributed by atoms with E-state index in [4.69, 9.17) is 0 Å². The Morgan fingerprint density at radius 1 is 1.11 bits per heavy atom. The summed E-state index contributed by atoms with van der Waals surface area (Å²) in [6, 6.07) is 9.69. The molecule has 1 unspecified atom stereocenters. The quantitative estimate of drug-likeness (QED) is 0.859. The van der Waals surface area contributed by atoms with Crippen LogP contribution in [0.5, 0.6) is 0 Å². The monoisotopic (exact) mass is 365 g/mol. The molecule has 1 aliphatic heterocycles. The first-order valence-corrected chi connectivity index (χ1v) is 9.78. The van der Waals surface area contributed by atoms with Gasteiger partial charge in [-0.1, -0.05) is 26.0 Å².